The molecule has 0 amide bonds. The molecule has 3 heteroatoms. The molecule has 0 aromatic carbocycles. The average Bonchev–Trinajstić information content (AvgIpc) is 2.20. The normalized spacial score (nSPS) is 36.8. The summed E-state index contributed by atoms with van der Waals surface area (Å²) in [5.41, 5.74) is -0.500. The van der Waals surface area contributed by atoms with Gasteiger partial charge in [0.15, 0.2) is 0 Å². The fourth-order valence-corrected chi connectivity index (χ4v) is 2.43. The third kappa shape index (κ3) is 3.74. The molecule has 0 aromatic heterocycles. The maximum Gasteiger partial charge on any atom is 0.0797 e. The summed E-state index contributed by atoms with van der Waals surface area (Å²) in [5.74, 6) is 1.16. The van der Waals surface area contributed by atoms with Gasteiger partial charge in [-0.05, 0) is 31.1 Å². The topological polar surface area (TPSA) is 41.5 Å². The maximum atomic E-state index is 10.5. The van der Waals surface area contributed by atoms with Crippen molar-refractivity contribution in [2.45, 2.75) is 38.7 Å². The average molecular weight is 215 g/mol. The van der Waals surface area contributed by atoms with Crippen LogP contribution in [-0.2, 0) is 4.74 Å². The van der Waals surface area contributed by atoms with Crippen molar-refractivity contribution in [3.8, 4) is 0 Å². The zero-order valence-corrected chi connectivity index (χ0v) is 10.3. The van der Waals surface area contributed by atoms with Gasteiger partial charge in [0.1, 0.15) is 0 Å². The van der Waals surface area contributed by atoms with Crippen LogP contribution in [0.4, 0.5) is 0 Å². The van der Waals surface area contributed by atoms with Gasteiger partial charge in [-0.25, -0.2) is 0 Å². The molecule has 1 saturated carbocycles. The number of rotatable bonds is 5. The van der Waals surface area contributed by atoms with Gasteiger partial charge in [-0.2, -0.15) is 0 Å². The molecule has 0 radical (unpaired) electrons. The van der Waals surface area contributed by atoms with E-state index in [0.29, 0.717) is 19.1 Å². The molecule has 15 heavy (non-hydrogen) atoms. The molecule has 2 N–H and O–H groups in total. The Morgan fingerprint density at radius 1 is 1.47 bits per heavy atom. The number of methoxy groups -OCH3 is 1. The van der Waals surface area contributed by atoms with Crippen molar-refractivity contribution in [2.75, 3.05) is 26.8 Å². The molecule has 1 aliphatic carbocycles. The van der Waals surface area contributed by atoms with Crippen LogP contribution < -0.4 is 5.32 Å². The largest absolute Gasteiger partial charge is 0.388 e. The first-order chi connectivity index (χ1) is 7.08. The summed E-state index contributed by atoms with van der Waals surface area (Å²) in [4.78, 5) is 0. The van der Waals surface area contributed by atoms with Gasteiger partial charge in [0.2, 0.25) is 0 Å². The van der Waals surface area contributed by atoms with Crippen LogP contribution in [0.1, 0.15) is 33.1 Å². The Morgan fingerprint density at radius 3 is 2.80 bits per heavy atom. The van der Waals surface area contributed by atoms with Crippen LogP contribution in [0, 0.1) is 11.8 Å². The minimum Gasteiger partial charge on any atom is -0.388 e. The molecule has 1 rings (SSSR count). The molecule has 0 saturated heterocycles. The summed E-state index contributed by atoms with van der Waals surface area (Å²) >= 11 is 0. The first-order valence-corrected chi connectivity index (χ1v) is 6.00. The van der Waals surface area contributed by atoms with E-state index >= 15 is 0 Å². The third-order valence-electron chi connectivity index (χ3n) is 3.66. The van der Waals surface area contributed by atoms with E-state index in [9.17, 15) is 5.11 Å². The number of aliphatic hydroxyl groups is 1. The highest BCUT2D eigenvalue weighted by atomic mass is 16.5. The fraction of sp³-hybridized carbons (Fsp3) is 1.00. The van der Waals surface area contributed by atoms with Crippen molar-refractivity contribution in [3.05, 3.63) is 0 Å². The van der Waals surface area contributed by atoms with Gasteiger partial charge >= 0.3 is 0 Å². The van der Waals surface area contributed by atoms with E-state index < -0.39 is 5.60 Å². The van der Waals surface area contributed by atoms with Gasteiger partial charge in [0.25, 0.3) is 0 Å². The van der Waals surface area contributed by atoms with Crippen LogP contribution >= 0.6 is 0 Å². The molecule has 0 spiro atoms. The number of hydrogen-bond acceptors (Lipinski definition) is 3. The summed E-state index contributed by atoms with van der Waals surface area (Å²) in [7, 11) is 1.70. The lowest BCUT2D eigenvalue weighted by Crippen LogP contribution is -2.49. The molecule has 0 aliphatic heterocycles. The SMILES string of the molecule is COCCNCC1(O)CCC(C)CC1C. The minimum absolute atomic E-state index is 0.399. The zero-order chi connectivity index (χ0) is 11.3. The molecule has 0 bridgehead atoms. The Morgan fingerprint density at radius 2 is 2.20 bits per heavy atom. The number of nitrogens with one attached hydrogen (secondary N) is 1. The van der Waals surface area contributed by atoms with E-state index in [0.717, 1.165) is 31.7 Å². The van der Waals surface area contributed by atoms with Crippen molar-refractivity contribution in [1.82, 2.24) is 5.32 Å². The van der Waals surface area contributed by atoms with Crippen LogP contribution in [0.15, 0.2) is 0 Å². The smallest absolute Gasteiger partial charge is 0.0797 e. The predicted octanol–water partition coefficient (Wildman–Crippen LogP) is 1.41. The van der Waals surface area contributed by atoms with Gasteiger partial charge in [-0.1, -0.05) is 13.8 Å². The van der Waals surface area contributed by atoms with E-state index in [1.165, 1.54) is 0 Å². The van der Waals surface area contributed by atoms with Gasteiger partial charge in [-0.15, -0.1) is 0 Å². The first kappa shape index (κ1) is 12.9. The third-order valence-corrected chi connectivity index (χ3v) is 3.66. The lowest BCUT2D eigenvalue weighted by Gasteiger charge is -2.40. The lowest BCUT2D eigenvalue weighted by atomic mass is 9.72. The second-order valence-electron chi connectivity index (χ2n) is 5.05. The Kier molecular flexibility index (Phi) is 5.03. The van der Waals surface area contributed by atoms with Crippen molar-refractivity contribution >= 4 is 0 Å². The highest BCUT2D eigenvalue weighted by molar-refractivity contribution is 4.91. The Labute approximate surface area is 93.2 Å². The zero-order valence-electron chi connectivity index (χ0n) is 10.3. The van der Waals surface area contributed by atoms with E-state index in [-0.39, 0.29) is 0 Å². The number of hydrogen-bond donors (Lipinski definition) is 2. The second-order valence-corrected chi connectivity index (χ2v) is 5.05. The Bertz CT molecular complexity index is 186. The molecule has 90 valence electrons. The molecule has 1 aliphatic rings. The molecular formula is C12H25NO2. The summed E-state index contributed by atoms with van der Waals surface area (Å²) in [6.45, 7) is 6.66. The fourth-order valence-electron chi connectivity index (χ4n) is 2.43. The molecular weight excluding hydrogens is 190 g/mol. The lowest BCUT2D eigenvalue weighted by molar-refractivity contribution is -0.0514. The molecule has 3 unspecified atom stereocenters. The van der Waals surface area contributed by atoms with Crippen LogP contribution in [0.25, 0.3) is 0 Å². The summed E-state index contributed by atoms with van der Waals surface area (Å²) in [6.07, 6.45) is 3.21. The van der Waals surface area contributed by atoms with Gasteiger partial charge in [0, 0.05) is 20.2 Å². The molecule has 0 heterocycles. The summed E-state index contributed by atoms with van der Waals surface area (Å²) < 4.78 is 4.96. The highest BCUT2D eigenvalue weighted by Crippen LogP contribution is 2.36. The molecule has 1 fully saturated rings. The van der Waals surface area contributed by atoms with E-state index in [1.807, 2.05) is 0 Å². The van der Waals surface area contributed by atoms with E-state index in [2.05, 4.69) is 19.2 Å². The highest BCUT2D eigenvalue weighted by Gasteiger charge is 2.37. The van der Waals surface area contributed by atoms with Crippen molar-refractivity contribution in [2.24, 2.45) is 11.8 Å². The summed E-state index contributed by atoms with van der Waals surface area (Å²) in [5, 5.41) is 13.7. The van der Waals surface area contributed by atoms with Crippen LogP contribution in [0.5, 0.6) is 0 Å². The Balaban J connectivity index is 2.30. The van der Waals surface area contributed by atoms with Gasteiger partial charge < -0.3 is 15.2 Å². The standard InChI is InChI=1S/C12H25NO2/c1-10-4-5-12(14,11(2)8-10)9-13-6-7-15-3/h10-11,13-14H,4-9H2,1-3H3. The first-order valence-electron chi connectivity index (χ1n) is 6.00. The quantitative estimate of drug-likeness (QED) is 0.681. The predicted molar refractivity (Wildman–Crippen MR) is 61.9 cm³/mol. The monoisotopic (exact) mass is 215 g/mol. The van der Waals surface area contributed by atoms with Crippen molar-refractivity contribution in [1.29, 1.82) is 0 Å². The van der Waals surface area contributed by atoms with Crippen molar-refractivity contribution < 1.29 is 9.84 Å². The van der Waals surface area contributed by atoms with Gasteiger partial charge in [0.05, 0.1) is 12.2 Å². The number of ether oxygens (including phenoxy) is 1. The van der Waals surface area contributed by atoms with Crippen LogP contribution in [0.3, 0.4) is 0 Å². The molecule has 3 atom stereocenters. The van der Waals surface area contributed by atoms with Gasteiger partial charge in [-0.3, -0.25) is 0 Å². The Hall–Kier alpha value is -0.120. The maximum absolute atomic E-state index is 10.5. The van der Waals surface area contributed by atoms with E-state index in [1.54, 1.807) is 7.11 Å². The van der Waals surface area contributed by atoms with E-state index in [4.69, 9.17) is 4.74 Å². The second kappa shape index (κ2) is 5.83. The summed E-state index contributed by atoms with van der Waals surface area (Å²) in [6, 6.07) is 0. The molecule has 3 nitrogen and oxygen atoms in total. The molecule has 0 aromatic rings. The minimum atomic E-state index is -0.500. The van der Waals surface area contributed by atoms with Crippen LogP contribution in [-0.4, -0.2) is 37.5 Å². The van der Waals surface area contributed by atoms with Crippen molar-refractivity contribution in [3.63, 3.8) is 0 Å². The van der Waals surface area contributed by atoms with Crippen LogP contribution in [0.2, 0.25) is 0 Å².